The third-order valence-corrected chi connectivity index (χ3v) is 2.03. The maximum absolute atomic E-state index is 11.3. The van der Waals surface area contributed by atoms with E-state index >= 15 is 0 Å². The number of nitrogens with one attached hydrogen (secondary N) is 1. The number of aromatic nitrogens is 3. The third kappa shape index (κ3) is 0.703. The van der Waals surface area contributed by atoms with E-state index in [2.05, 4.69) is 10.2 Å². The lowest BCUT2D eigenvalue weighted by atomic mass is 10.5. The van der Waals surface area contributed by atoms with Crippen molar-refractivity contribution in [2.75, 3.05) is 0 Å². The van der Waals surface area contributed by atoms with Gasteiger partial charge >= 0.3 is 0 Å². The van der Waals surface area contributed by atoms with Gasteiger partial charge in [-0.3, -0.25) is 9.20 Å². The minimum absolute atomic E-state index is 0.214. The highest BCUT2D eigenvalue weighted by Gasteiger charge is 2.06. The minimum Gasteiger partial charge on any atom is -0.463 e. The molecule has 0 aliphatic carbocycles. The van der Waals surface area contributed by atoms with E-state index in [4.69, 9.17) is 4.42 Å². The normalized spacial score (nSPS) is 11.4. The molecular weight excluding hydrogens is 170 g/mol. The predicted octanol–water partition coefficient (Wildman–Crippen LogP) is 0.769. The molecule has 13 heavy (non-hydrogen) atoms. The van der Waals surface area contributed by atoms with Crippen molar-refractivity contribution in [2.45, 2.75) is 0 Å². The largest absolute Gasteiger partial charge is 0.463 e. The minimum atomic E-state index is -0.214. The second-order valence-corrected chi connectivity index (χ2v) is 2.76. The first-order valence-corrected chi connectivity index (χ1v) is 3.78. The van der Waals surface area contributed by atoms with Gasteiger partial charge in [0.25, 0.3) is 5.56 Å². The molecule has 0 aromatic carbocycles. The molecule has 5 heteroatoms. The number of furan rings is 1. The lowest BCUT2D eigenvalue weighted by molar-refractivity contribution is 0.616. The molecule has 3 aromatic rings. The molecule has 0 atom stereocenters. The summed E-state index contributed by atoms with van der Waals surface area (Å²) in [4.78, 5) is 11.3. The zero-order valence-corrected chi connectivity index (χ0v) is 6.52. The molecule has 0 aliphatic heterocycles. The number of rotatable bonds is 0. The molecule has 3 heterocycles. The number of hydrogen-bond donors (Lipinski definition) is 1. The average molecular weight is 175 g/mol. The van der Waals surface area contributed by atoms with E-state index in [-0.39, 0.29) is 5.56 Å². The maximum Gasteiger partial charge on any atom is 0.288 e. The summed E-state index contributed by atoms with van der Waals surface area (Å²) in [5.74, 6) is 0. The van der Waals surface area contributed by atoms with Crippen molar-refractivity contribution in [2.24, 2.45) is 0 Å². The van der Waals surface area contributed by atoms with Gasteiger partial charge in [0.1, 0.15) is 11.8 Å². The Morgan fingerprint density at radius 2 is 2.38 bits per heavy atom. The molecule has 0 fully saturated rings. The molecule has 0 saturated heterocycles. The molecule has 64 valence electrons. The SMILES string of the molecule is O=c1[nH]ncn2c1cc1occc12. The van der Waals surface area contributed by atoms with Crippen molar-refractivity contribution in [3.8, 4) is 0 Å². The molecule has 5 nitrogen and oxygen atoms in total. The summed E-state index contributed by atoms with van der Waals surface area (Å²) >= 11 is 0. The first kappa shape index (κ1) is 6.47. The Morgan fingerprint density at radius 1 is 1.46 bits per heavy atom. The Morgan fingerprint density at radius 3 is 3.31 bits per heavy atom. The van der Waals surface area contributed by atoms with Gasteiger partial charge in [-0.25, -0.2) is 5.10 Å². The van der Waals surface area contributed by atoms with Crippen molar-refractivity contribution in [1.82, 2.24) is 14.6 Å². The molecule has 0 radical (unpaired) electrons. The van der Waals surface area contributed by atoms with E-state index in [1.54, 1.807) is 29.1 Å². The molecule has 3 aromatic heterocycles. The van der Waals surface area contributed by atoms with Gasteiger partial charge in [0.15, 0.2) is 5.58 Å². The third-order valence-electron chi connectivity index (χ3n) is 2.03. The summed E-state index contributed by atoms with van der Waals surface area (Å²) in [6.45, 7) is 0. The van der Waals surface area contributed by atoms with Crippen LogP contribution in [0.25, 0.3) is 16.6 Å². The molecule has 0 bridgehead atoms. The van der Waals surface area contributed by atoms with E-state index < -0.39 is 0 Å². The highest BCUT2D eigenvalue weighted by Crippen LogP contribution is 2.17. The first-order valence-electron chi connectivity index (χ1n) is 3.78. The smallest absolute Gasteiger partial charge is 0.288 e. The predicted molar refractivity (Wildman–Crippen MR) is 45.6 cm³/mol. The molecule has 0 spiro atoms. The van der Waals surface area contributed by atoms with E-state index in [0.29, 0.717) is 11.1 Å². The standard InChI is InChI=1S/C8H5N3O2/c12-8-6-3-7-5(1-2-13-7)11(6)4-9-10-8/h1-4H,(H,10,12). The Labute approximate surface area is 71.6 Å². The summed E-state index contributed by atoms with van der Waals surface area (Å²) in [5, 5.41) is 6.06. The number of nitrogens with zero attached hydrogens (tertiary/aromatic N) is 2. The Hall–Kier alpha value is -2.04. The Kier molecular flexibility index (Phi) is 0.999. The van der Waals surface area contributed by atoms with Crippen LogP contribution < -0.4 is 5.56 Å². The van der Waals surface area contributed by atoms with Crippen molar-refractivity contribution in [1.29, 1.82) is 0 Å². The molecule has 0 amide bonds. The molecular formula is C8H5N3O2. The zero-order valence-electron chi connectivity index (χ0n) is 6.52. The van der Waals surface area contributed by atoms with Crippen molar-refractivity contribution < 1.29 is 4.42 Å². The van der Waals surface area contributed by atoms with Gasteiger partial charge in [0.05, 0.1) is 11.8 Å². The molecule has 0 aliphatic rings. The lowest BCUT2D eigenvalue weighted by Crippen LogP contribution is -2.09. The zero-order chi connectivity index (χ0) is 8.84. The van der Waals surface area contributed by atoms with E-state index in [1.807, 2.05) is 0 Å². The van der Waals surface area contributed by atoms with Crippen LogP contribution in [0.15, 0.2) is 33.9 Å². The van der Waals surface area contributed by atoms with Crippen LogP contribution in [0, 0.1) is 0 Å². The number of fused-ring (bicyclic) bond motifs is 3. The summed E-state index contributed by atoms with van der Waals surface area (Å²) in [5.41, 5.74) is 1.88. The lowest BCUT2D eigenvalue weighted by Gasteiger charge is -1.89. The van der Waals surface area contributed by atoms with Crippen molar-refractivity contribution >= 4 is 16.6 Å². The molecule has 0 saturated carbocycles. The van der Waals surface area contributed by atoms with Gasteiger partial charge in [-0.1, -0.05) is 0 Å². The van der Waals surface area contributed by atoms with Crippen LogP contribution in [0.3, 0.4) is 0 Å². The monoisotopic (exact) mass is 175 g/mol. The van der Waals surface area contributed by atoms with Crippen LogP contribution in [-0.2, 0) is 0 Å². The fraction of sp³-hybridized carbons (Fsp3) is 0. The highest BCUT2D eigenvalue weighted by molar-refractivity contribution is 5.81. The van der Waals surface area contributed by atoms with Gasteiger partial charge in [-0.15, -0.1) is 0 Å². The summed E-state index contributed by atoms with van der Waals surface area (Å²) in [7, 11) is 0. The number of hydrogen-bond acceptors (Lipinski definition) is 3. The number of aromatic amines is 1. The summed E-state index contributed by atoms with van der Waals surface area (Å²) in [6.07, 6.45) is 3.13. The second-order valence-electron chi connectivity index (χ2n) is 2.76. The van der Waals surface area contributed by atoms with E-state index in [9.17, 15) is 4.79 Å². The summed E-state index contributed by atoms with van der Waals surface area (Å²) in [6, 6.07) is 3.49. The number of H-pyrrole nitrogens is 1. The van der Waals surface area contributed by atoms with Crippen molar-refractivity contribution in [3.05, 3.63) is 35.1 Å². The topological polar surface area (TPSA) is 63.3 Å². The average Bonchev–Trinajstić information content (AvgIpc) is 2.65. The Bertz CT molecular complexity index is 631. The van der Waals surface area contributed by atoms with E-state index in [0.717, 1.165) is 5.52 Å². The molecule has 1 N–H and O–H groups in total. The van der Waals surface area contributed by atoms with Crippen LogP contribution in [-0.4, -0.2) is 14.6 Å². The van der Waals surface area contributed by atoms with E-state index in [1.165, 1.54) is 0 Å². The second kappa shape index (κ2) is 2.01. The van der Waals surface area contributed by atoms with Crippen LogP contribution in [0.5, 0.6) is 0 Å². The van der Waals surface area contributed by atoms with Crippen molar-refractivity contribution in [3.63, 3.8) is 0 Å². The fourth-order valence-electron chi connectivity index (χ4n) is 1.45. The van der Waals surface area contributed by atoms with Crippen LogP contribution >= 0.6 is 0 Å². The van der Waals surface area contributed by atoms with Gasteiger partial charge in [-0.05, 0) is 0 Å². The quantitative estimate of drug-likeness (QED) is 0.548. The first-order chi connectivity index (χ1) is 6.36. The van der Waals surface area contributed by atoms with Crippen LogP contribution in [0.4, 0.5) is 0 Å². The Balaban J connectivity index is 2.74. The molecule has 3 rings (SSSR count). The summed E-state index contributed by atoms with van der Waals surface area (Å²) < 4.78 is 6.85. The van der Waals surface area contributed by atoms with Crippen LogP contribution in [0.2, 0.25) is 0 Å². The fourth-order valence-corrected chi connectivity index (χ4v) is 1.45. The van der Waals surface area contributed by atoms with Gasteiger partial charge in [0.2, 0.25) is 0 Å². The van der Waals surface area contributed by atoms with Gasteiger partial charge in [-0.2, -0.15) is 5.10 Å². The van der Waals surface area contributed by atoms with Crippen LogP contribution in [0.1, 0.15) is 0 Å². The highest BCUT2D eigenvalue weighted by atomic mass is 16.3. The molecule has 0 unspecified atom stereocenters. The van der Waals surface area contributed by atoms with Gasteiger partial charge < -0.3 is 4.42 Å². The van der Waals surface area contributed by atoms with Gasteiger partial charge in [0, 0.05) is 12.1 Å². The maximum atomic E-state index is 11.3.